The summed E-state index contributed by atoms with van der Waals surface area (Å²) < 4.78 is 0. The summed E-state index contributed by atoms with van der Waals surface area (Å²) in [6.45, 7) is 2.24. The SMILES string of the molecule is CCCCCCCCCCC(=O)CCCCCCCCC(=O)O. The summed E-state index contributed by atoms with van der Waals surface area (Å²) in [6, 6.07) is 0. The number of ketones is 1. The number of carboxylic acid groups (broad SMARTS) is 1. The highest BCUT2D eigenvalue weighted by atomic mass is 16.4. The largest absolute Gasteiger partial charge is 0.481 e. The van der Waals surface area contributed by atoms with Gasteiger partial charge in [-0.2, -0.15) is 0 Å². The maximum absolute atomic E-state index is 11.8. The average Bonchev–Trinajstić information content (AvgIpc) is 2.52. The van der Waals surface area contributed by atoms with Crippen LogP contribution in [0.1, 0.15) is 116 Å². The minimum atomic E-state index is -0.698. The molecule has 0 aliphatic rings. The van der Waals surface area contributed by atoms with Crippen LogP contribution >= 0.6 is 0 Å². The van der Waals surface area contributed by atoms with Crippen molar-refractivity contribution in [1.82, 2.24) is 0 Å². The lowest BCUT2D eigenvalue weighted by molar-refractivity contribution is -0.137. The van der Waals surface area contributed by atoms with Crippen LogP contribution in [0.5, 0.6) is 0 Å². The van der Waals surface area contributed by atoms with Crippen molar-refractivity contribution >= 4 is 11.8 Å². The second-order valence-electron chi connectivity index (χ2n) is 6.78. The molecule has 0 radical (unpaired) electrons. The van der Waals surface area contributed by atoms with E-state index in [0.717, 1.165) is 57.8 Å². The summed E-state index contributed by atoms with van der Waals surface area (Å²) in [5.74, 6) is -0.265. The topological polar surface area (TPSA) is 54.4 Å². The molecule has 0 saturated carbocycles. The van der Waals surface area contributed by atoms with Gasteiger partial charge in [0.15, 0.2) is 0 Å². The standard InChI is InChI=1S/C20H38O3/c1-2-3-4-5-6-7-10-13-16-19(21)17-14-11-8-9-12-15-18-20(22)23/h2-18H2,1H3,(H,22,23). The number of Topliss-reactive ketones (excluding diaryl/α,β-unsaturated/α-hetero) is 1. The fourth-order valence-corrected chi connectivity index (χ4v) is 2.89. The van der Waals surface area contributed by atoms with E-state index in [0.29, 0.717) is 5.78 Å². The molecule has 0 spiro atoms. The number of unbranched alkanes of at least 4 members (excludes halogenated alkanes) is 12. The first-order valence-electron chi connectivity index (χ1n) is 9.90. The number of hydrogen-bond acceptors (Lipinski definition) is 2. The summed E-state index contributed by atoms with van der Waals surface area (Å²) in [5.41, 5.74) is 0. The molecule has 0 aromatic heterocycles. The highest BCUT2D eigenvalue weighted by Crippen LogP contribution is 2.12. The Morgan fingerprint density at radius 2 is 0.913 bits per heavy atom. The Morgan fingerprint density at radius 1 is 0.565 bits per heavy atom. The quantitative estimate of drug-likeness (QED) is 0.301. The summed E-state index contributed by atoms with van der Waals surface area (Å²) in [5, 5.41) is 8.53. The Labute approximate surface area is 143 Å². The number of aliphatic carboxylic acids is 1. The molecule has 1 N–H and O–H groups in total. The fraction of sp³-hybridized carbons (Fsp3) is 0.900. The van der Waals surface area contributed by atoms with E-state index in [1.807, 2.05) is 0 Å². The molecule has 23 heavy (non-hydrogen) atoms. The molecule has 0 rings (SSSR count). The van der Waals surface area contributed by atoms with Gasteiger partial charge in [0.25, 0.3) is 0 Å². The molecule has 0 amide bonds. The van der Waals surface area contributed by atoms with Gasteiger partial charge >= 0.3 is 5.97 Å². The maximum atomic E-state index is 11.8. The van der Waals surface area contributed by atoms with Crippen molar-refractivity contribution in [2.75, 3.05) is 0 Å². The molecule has 0 aliphatic carbocycles. The van der Waals surface area contributed by atoms with Crippen LogP contribution in [0.4, 0.5) is 0 Å². The number of carboxylic acids is 1. The zero-order valence-corrected chi connectivity index (χ0v) is 15.3. The molecular formula is C20H38O3. The predicted octanol–water partition coefficient (Wildman–Crippen LogP) is 6.29. The van der Waals surface area contributed by atoms with Crippen LogP contribution in [0.2, 0.25) is 0 Å². The van der Waals surface area contributed by atoms with Gasteiger partial charge in [0.1, 0.15) is 5.78 Å². The molecule has 3 heteroatoms. The first-order chi connectivity index (χ1) is 11.2. The van der Waals surface area contributed by atoms with Crippen LogP contribution in [0, 0.1) is 0 Å². The molecule has 0 aromatic carbocycles. The molecule has 3 nitrogen and oxygen atoms in total. The molecule has 0 saturated heterocycles. The Balaban J connectivity index is 3.17. The zero-order chi connectivity index (χ0) is 17.2. The lowest BCUT2D eigenvalue weighted by Gasteiger charge is -2.03. The van der Waals surface area contributed by atoms with Crippen molar-refractivity contribution in [3.05, 3.63) is 0 Å². The van der Waals surface area contributed by atoms with E-state index < -0.39 is 5.97 Å². The molecule has 136 valence electrons. The Hall–Kier alpha value is -0.860. The maximum Gasteiger partial charge on any atom is 0.303 e. The van der Waals surface area contributed by atoms with Gasteiger partial charge < -0.3 is 5.11 Å². The van der Waals surface area contributed by atoms with Crippen LogP contribution in [-0.4, -0.2) is 16.9 Å². The first-order valence-corrected chi connectivity index (χ1v) is 9.90. The highest BCUT2D eigenvalue weighted by molar-refractivity contribution is 5.78. The third kappa shape index (κ3) is 19.1. The van der Waals surface area contributed by atoms with Gasteiger partial charge in [0.2, 0.25) is 0 Å². The van der Waals surface area contributed by atoms with Crippen molar-refractivity contribution in [1.29, 1.82) is 0 Å². The lowest BCUT2D eigenvalue weighted by Crippen LogP contribution is -1.97. The molecule has 0 bridgehead atoms. The Bertz CT molecular complexity index is 287. The molecule has 0 aliphatic heterocycles. The van der Waals surface area contributed by atoms with Crippen LogP contribution in [0.3, 0.4) is 0 Å². The lowest BCUT2D eigenvalue weighted by atomic mass is 10.0. The van der Waals surface area contributed by atoms with Crippen LogP contribution in [0.15, 0.2) is 0 Å². The first kappa shape index (κ1) is 22.1. The van der Waals surface area contributed by atoms with Gasteiger partial charge in [0, 0.05) is 19.3 Å². The average molecular weight is 327 g/mol. The van der Waals surface area contributed by atoms with Gasteiger partial charge in [-0.05, 0) is 19.3 Å². The van der Waals surface area contributed by atoms with Gasteiger partial charge in [-0.1, -0.05) is 77.6 Å². The van der Waals surface area contributed by atoms with Gasteiger partial charge in [-0.25, -0.2) is 0 Å². The van der Waals surface area contributed by atoms with E-state index in [-0.39, 0.29) is 6.42 Å². The van der Waals surface area contributed by atoms with Crippen LogP contribution in [0.25, 0.3) is 0 Å². The van der Waals surface area contributed by atoms with Crippen molar-refractivity contribution < 1.29 is 14.7 Å². The smallest absolute Gasteiger partial charge is 0.303 e. The van der Waals surface area contributed by atoms with E-state index >= 15 is 0 Å². The second-order valence-corrected chi connectivity index (χ2v) is 6.78. The zero-order valence-electron chi connectivity index (χ0n) is 15.3. The third-order valence-electron chi connectivity index (χ3n) is 4.41. The van der Waals surface area contributed by atoms with Crippen molar-refractivity contribution in [2.24, 2.45) is 0 Å². The summed E-state index contributed by atoms with van der Waals surface area (Å²) in [6.07, 6.45) is 18.2. The van der Waals surface area contributed by atoms with E-state index in [2.05, 4.69) is 6.92 Å². The van der Waals surface area contributed by atoms with E-state index in [9.17, 15) is 9.59 Å². The van der Waals surface area contributed by atoms with E-state index in [4.69, 9.17) is 5.11 Å². The molecule has 0 heterocycles. The second kappa shape index (κ2) is 17.5. The minimum Gasteiger partial charge on any atom is -0.481 e. The third-order valence-corrected chi connectivity index (χ3v) is 4.41. The summed E-state index contributed by atoms with van der Waals surface area (Å²) in [7, 11) is 0. The minimum absolute atomic E-state index is 0.289. The number of carbonyl (C=O) groups is 2. The van der Waals surface area contributed by atoms with Gasteiger partial charge in [0.05, 0.1) is 0 Å². The number of rotatable bonds is 18. The van der Waals surface area contributed by atoms with Crippen molar-refractivity contribution in [2.45, 2.75) is 116 Å². The molecule has 0 fully saturated rings. The molecular weight excluding hydrogens is 288 g/mol. The van der Waals surface area contributed by atoms with E-state index in [1.165, 1.54) is 44.9 Å². The normalized spacial score (nSPS) is 10.8. The van der Waals surface area contributed by atoms with Crippen LogP contribution < -0.4 is 0 Å². The molecule has 0 aromatic rings. The van der Waals surface area contributed by atoms with Crippen molar-refractivity contribution in [3.8, 4) is 0 Å². The molecule has 0 atom stereocenters. The van der Waals surface area contributed by atoms with Gasteiger partial charge in [-0.15, -0.1) is 0 Å². The monoisotopic (exact) mass is 326 g/mol. The summed E-state index contributed by atoms with van der Waals surface area (Å²) in [4.78, 5) is 22.1. The fourth-order valence-electron chi connectivity index (χ4n) is 2.89. The highest BCUT2D eigenvalue weighted by Gasteiger charge is 2.02. The van der Waals surface area contributed by atoms with Crippen LogP contribution in [-0.2, 0) is 9.59 Å². The summed E-state index contributed by atoms with van der Waals surface area (Å²) >= 11 is 0. The predicted molar refractivity (Wildman–Crippen MR) is 96.8 cm³/mol. The Kier molecular flexibility index (Phi) is 16.8. The Morgan fingerprint density at radius 3 is 1.30 bits per heavy atom. The van der Waals surface area contributed by atoms with Crippen molar-refractivity contribution in [3.63, 3.8) is 0 Å². The molecule has 0 unspecified atom stereocenters. The number of carbonyl (C=O) groups excluding carboxylic acids is 1. The number of hydrogen-bond donors (Lipinski definition) is 1. The van der Waals surface area contributed by atoms with Gasteiger partial charge in [-0.3, -0.25) is 9.59 Å². The van der Waals surface area contributed by atoms with E-state index in [1.54, 1.807) is 0 Å².